The molecule has 0 saturated carbocycles. The molecule has 1 aliphatic heterocycles. The summed E-state index contributed by atoms with van der Waals surface area (Å²) in [5.74, 6) is 0.0749. The summed E-state index contributed by atoms with van der Waals surface area (Å²) in [6, 6.07) is 8.28. The van der Waals surface area contributed by atoms with Gasteiger partial charge in [-0.1, -0.05) is 25.5 Å². The minimum absolute atomic E-state index is 0.0749. The first-order chi connectivity index (χ1) is 9.72. The highest BCUT2D eigenvalue weighted by molar-refractivity contribution is 5.92. The second-order valence-corrected chi connectivity index (χ2v) is 5.48. The van der Waals surface area contributed by atoms with Gasteiger partial charge in [-0.15, -0.1) is 0 Å². The van der Waals surface area contributed by atoms with Crippen LogP contribution >= 0.6 is 0 Å². The van der Waals surface area contributed by atoms with E-state index in [2.05, 4.69) is 17.1 Å². The highest BCUT2D eigenvalue weighted by atomic mass is 16.2. The SMILES string of the molecule is CCC1CCCCN1CC(=O)Nc1ccc(CN)cc1. The Hall–Kier alpha value is -1.39. The Bertz CT molecular complexity index is 430. The van der Waals surface area contributed by atoms with E-state index in [4.69, 9.17) is 5.73 Å². The van der Waals surface area contributed by atoms with Crippen LogP contribution in [0.2, 0.25) is 0 Å². The van der Waals surface area contributed by atoms with Gasteiger partial charge in [0.15, 0.2) is 0 Å². The van der Waals surface area contributed by atoms with Crippen molar-refractivity contribution in [2.75, 3.05) is 18.4 Å². The summed E-state index contributed by atoms with van der Waals surface area (Å²) in [5, 5.41) is 2.96. The maximum absolute atomic E-state index is 12.1. The standard InChI is InChI=1S/C16H25N3O/c1-2-15-5-3-4-10-19(15)12-16(20)18-14-8-6-13(11-17)7-9-14/h6-9,15H,2-5,10-12,17H2,1H3,(H,18,20). The van der Waals surface area contributed by atoms with Crippen LogP contribution in [0, 0.1) is 0 Å². The highest BCUT2D eigenvalue weighted by Crippen LogP contribution is 2.19. The van der Waals surface area contributed by atoms with Crippen LogP contribution in [0.25, 0.3) is 0 Å². The number of amides is 1. The minimum atomic E-state index is 0.0749. The van der Waals surface area contributed by atoms with Gasteiger partial charge in [-0.05, 0) is 43.5 Å². The fourth-order valence-electron chi connectivity index (χ4n) is 2.84. The van der Waals surface area contributed by atoms with Crippen LogP contribution in [0.3, 0.4) is 0 Å². The van der Waals surface area contributed by atoms with Crippen LogP contribution in [0.4, 0.5) is 5.69 Å². The first-order valence-corrected chi connectivity index (χ1v) is 7.56. The zero-order chi connectivity index (χ0) is 14.4. The molecule has 1 amide bonds. The topological polar surface area (TPSA) is 58.4 Å². The lowest BCUT2D eigenvalue weighted by molar-refractivity contribution is -0.118. The molecule has 0 radical (unpaired) electrons. The lowest BCUT2D eigenvalue weighted by atomic mass is 10.00. The predicted molar refractivity (Wildman–Crippen MR) is 82.5 cm³/mol. The van der Waals surface area contributed by atoms with Gasteiger partial charge in [0.25, 0.3) is 0 Å². The van der Waals surface area contributed by atoms with E-state index < -0.39 is 0 Å². The molecule has 0 aliphatic carbocycles. The minimum Gasteiger partial charge on any atom is -0.326 e. The Morgan fingerprint density at radius 3 is 2.75 bits per heavy atom. The van der Waals surface area contributed by atoms with Crippen molar-refractivity contribution in [3.05, 3.63) is 29.8 Å². The summed E-state index contributed by atoms with van der Waals surface area (Å²) in [4.78, 5) is 14.4. The number of carbonyl (C=O) groups is 1. The van der Waals surface area contributed by atoms with Gasteiger partial charge in [0.05, 0.1) is 6.54 Å². The summed E-state index contributed by atoms with van der Waals surface area (Å²) in [7, 11) is 0. The number of anilines is 1. The largest absolute Gasteiger partial charge is 0.326 e. The first kappa shape index (κ1) is 15.0. The molecule has 1 fully saturated rings. The number of hydrogen-bond donors (Lipinski definition) is 2. The Morgan fingerprint density at radius 2 is 2.10 bits per heavy atom. The van der Waals surface area contributed by atoms with E-state index in [1.54, 1.807) is 0 Å². The third-order valence-electron chi connectivity index (χ3n) is 4.04. The summed E-state index contributed by atoms with van der Waals surface area (Å²) < 4.78 is 0. The molecular weight excluding hydrogens is 250 g/mol. The predicted octanol–water partition coefficient (Wildman–Crippen LogP) is 2.35. The van der Waals surface area contributed by atoms with Crippen molar-refractivity contribution in [3.8, 4) is 0 Å². The number of rotatable bonds is 5. The average molecular weight is 275 g/mol. The smallest absolute Gasteiger partial charge is 0.238 e. The van der Waals surface area contributed by atoms with Gasteiger partial charge in [-0.3, -0.25) is 9.69 Å². The third kappa shape index (κ3) is 4.05. The zero-order valence-corrected chi connectivity index (χ0v) is 12.3. The van der Waals surface area contributed by atoms with Crippen molar-refractivity contribution in [2.24, 2.45) is 5.73 Å². The van der Waals surface area contributed by atoms with Crippen molar-refractivity contribution >= 4 is 11.6 Å². The molecule has 2 rings (SSSR count). The number of carbonyl (C=O) groups excluding carboxylic acids is 1. The molecule has 1 aliphatic rings. The number of nitrogens with zero attached hydrogens (tertiary/aromatic N) is 1. The van der Waals surface area contributed by atoms with E-state index in [0.717, 1.165) is 24.2 Å². The number of nitrogens with two attached hydrogens (primary N) is 1. The van der Waals surface area contributed by atoms with Gasteiger partial charge in [0, 0.05) is 18.3 Å². The fourth-order valence-corrected chi connectivity index (χ4v) is 2.84. The summed E-state index contributed by atoms with van der Waals surface area (Å²) in [5.41, 5.74) is 7.48. The van der Waals surface area contributed by atoms with Crippen LogP contribution in [0.1, 0.15) is 38.2 Å². The molecule has 4 nitrogen and oxygen atoms in total. The first-order valence-electron chi connectivity index (χ1n) is 7.56. The van der Waals surface area contributed by atoms with Gasteiger partial charge < -0.3 is 11.1 Å². The van der Waals surface area contributed by atoms with Crippen molar-refractivity contribution in [1.82, 2.24) is 4.90 Å². The van der Waals surface area contributed by atoms with E-state index >= 15 is 0 Å². The van der Waals surface area contributed by atoms with E-state index in [1.165, 1.54) is 19.3 Å². The second-order valence-electron chi connectivity index (χ2n) is 5.48. The Morgan fingerprint density at radius 1 is 1.35 bits per heavy atom. The van der Waals surface area contributed by atoms with E-state index in [9.17, 15) is 4.79 Å². The zero-order valence-electron chi connectivity index (χ0n) is 12.3. The van der Waals surface area contributed by atoms with Gasteiger partial charge in [0.1, 0.15) is 0 Å². The number of nitrogens with one attached hydrogen (secondary N) is 1. The average Bonchev–Trinajstić information content (AvgIpc) is 2.48. The fraction of sp³-hybridized carbons (Fsp3) is 0.562. The highest BCUT2D eigenvalue weighted by Gasteiger charge is 2.22. The monoisotopic (exact) mass is 275 g/mol. The molecule has 110 valence electrons. The summed E-state index contributed by atoms with van der Waals surface area (Å²) in [6.45, 7) is 4.27. The maximum atomic E-state index is 12.1. The van der Waals surface area contributed by atoms with Crippen molar-refractivity contribution < 1.29 is 4.79 Å². The molecule has 1 aromatic rings. The number of likely N-dealkylation sites (tertiary alicyclic amines) is 1. The number of benzene rings is 1. The van der Waals surface area contributed by atoms with Crippen molar-refractivity contribution in [2.45, 2.75) is 45.2 Å². The molecule has 0 bridgehead atoms. The summed E-state index contributed by atoms with van der Waals surface area (Å²) >= 11 is 0. The molecule has 1 heterocycles. The Labute approximate surface area is 121 Å². The van der Waals surface area contributed by atoms with Crippen LogP contribution in [0.5, 0.6) is 0 Å². The van der Waals surface area contributed by atoms with Crippen molar-refractivity contribution in [3.63, 3.8) is 0 Å². The quantitative estimate of drug-likeness (QED) is 0.867. The lowest BCUT2D eigenvalue weighted by Crippen LogP contribution is -2.43. The van der Waals surface area contributed by atoms with E-state index in [-0.39, 0.29) is 5.91 Å². The van der Waals surface area contributed by atoms with Crippen LogP contribution in [0.15, 0.2) is 24.3 Å². The molecule has 1 saturated heterocycles. The Balaban J connectivity index is 1.87. The lowest BCUT2D eigenvalue weighted by Gasteiger charge is -2.34. The van der Waals surface area contributed by atoms with Gasteiger partial charge in [-0.25, -0.2) is 0 Å². The molecule has 20 heavy (non-hydrogen) atoms. The second kappa shape index (κ2) is 7.41. The molecule has 1 unspecified atom stereocenters. The molecule has 1 atom stereocenters. The van der Waals surface area contributed by atoms with Crippen molar-refractivity contribution in [1.29, 1.82) is 0 Å². The van der Waals surface area contributed by atoms with E-state index in [0.29, 0.717) is 19.1 Å². The maximum Gasteiger partial charge on any atom is 0.238 e. The summed E-state index contributed by atoms with van der Waals surface area (Å²) in [6.07, 6.45) is 4.83. The van der Waals surface area contributed by atoms with Gasteiger partial charge >= 0.3 is 0 Å². The number of hydrogen-bond acceptors (Lipinski definition) is 3. The van der Waals surface area contributed by atoms with E-state index in [1.807, 2.05) is 24.3 Å². The molecule has 4 heteroatoms. The normalized spacial score (nSPS) is 19.8. The van der Waals surface area contributed by atoms with Crippen LogP contribution in [-0.2, 0) is 11.3 Å². The molecule has 0 spiro atoms. The molecule has 1 aromatic carbocycles. The van der Waals surface area contributed by atoms with Crippen LogP contribution < -0.4 is 11.1 Å². The molecule has 3 N–H and O–H groups in total. The molecule has 0 aromatic heterocycles. The Kier molecular flexibility index (Phi) is 5.56. The van der Waals surface area contributed by atoms with Gasteiger partial charge in [0.2, 0.25) is 5.91 Å². The third-order valence-corrected chi connectivity index (χ3v) is 4.04. The number of piperidine rings is 1. The molecular formula is C16H25N3O. The van der Waals surface area contributed by atoms with Gasteiger partial charge in [-0.2, -0.15) is 0 Å². The van der Waals surface area contributed by atoms with Crippen LogP contribution in [-0.4, -0.2) is 29.9 Å².